The lowest BCUT2D eigenvalue weighted by atomic mass is 10.1. The van der Waals surface area contributed by atoms with Gasteiger partial charge < -0.3 is 20.3 Å². The van der Waals surface area contributed by atoms with Crippen molar-refractivity contribution in [1.82, 2.24) is 15.5 Å². The number of hydrogen-bond acceptors (Lipinski definition) is 3. The van der Waals surface area contributed by atoms with E-state index in [1.165, 1.54) is 5.56 Å². The molecule has 2 N–H and O–H groups in total. The third kappa shape index (κ3) is 5.77. The number of aliphatic imine (C=N–C) groups is 1. The van der Waals surface area contributed by atoms with Gasteiger partial charge in [-0.3, -0.25) is 4.99 Å². The van der Waals surface area contributed by atoms with Crippen molar-refractivity contribution in [1.29, 1.82) is 0 Å². The molecule has 1 atom stereocenters. The van der Waals surface area contributed by atoms with E-state index in [1.54, 1.807) is 7.11 Å². The van der Waals surface area contributed by atoms with Crippen LogP contribution in [0, 0.1) is 0 Å². The number of nitrogens with one attached hydrogen (secondary N) is 2. The highest BCUT2D eigenvalue weighted by Gasteiger charge is 2.14. The van der Waals surface area contributed by atoms with E-state index in [2.05, 4.69) is 60.3 Å². The first kappa shape index (κ1) is 18.0. The van der Waals surface area contributed by atoms with E-state index >= 15 is 0 Å². The second kappa shape index (κ2) is 9.84. The number of benzene rings is 1. The SMILES string of the molecule is C=CCNC(=NCC(c1ccc(OC)cc1)N(C)C)NCC. The van der Waals surface area contributed by atoms with Crippen molar-refractivity contribution < 1.29 is 4.74 Å². The molecule has 0 bridgehead atoms. The highest BCUT2D eigenvalue weighted by Crippen LogP contribution is 2.21. The molecule has 0 spiro atoms. The number of guanidine groups is 1. The Morgan fingerprint density at radius 1 is 1.32 bits per heavy atom. The van der Waals surface area contributed by atoms with Crippen molar-refractivity contribution >= 4 is 5.96 Å². The summed E-state index contributed by atoms with van der Waals surface area (Å²) in [5.74, 6) is 1.67. The maximum absolute atomic E-state index is 5.21. The van der Waals surface area contributed by atoms with Crippen molar-refractivity contribution in [3.05, 3.63) is 42.5 Å². The van der Waals surface area contributed by atoms with Crippen LogP contribution in [-0.2, 0) is 0 Å². The maximum Gasteiger partial charge on any atom is 0.191 e. The molecule has 1 rings (SSSR count). The molecule has 0 saturated carbocycles. The topological polar surface area (TPSA) is 48.9 Å². The molecule has 1 aromatic rings. The van der Waals surface area contributed by atoms with Crippen LogP contribution < -0.4 is 15.4 Å². The monoisotopic (exact) mass is 304 g/mol. The van der Waals surface area contributed by atoms with Gasteiger partial charge in [-0.25, -0.2) is 0 Å². The molecular weight excluding hydrogens is 276 g/mol. The number of likely N-dealkylation sites (N-methyl/N-ethyl adjacent to an activating group) is 1. The quantitative estimate of drug-likeness (QED) is 0.438. The molecule has 1 aromatic carbocycles. The van der Waals surface area contributed by atoms with Crippen LogP contribution in [0.2, 0.25) is 0 Å². The lowest BCUT2D eigenvalue weighted by Gasteiger charge is -2.24. The van der Waals surface area contributed by atoms with E-state index < -0.39 is 0 Å². The summed E-state index contributed by atoms with van der Waals surface area (Å²) in [5.41, 5.74) is 1.22. The summed E-state index contributed by atoms with van der Waals surface area (Å²) >= 11 is 0. The van der Waals surface area contributed by atoms with E-state index in [0.29, 0.717) is 13.1 Å². The molecule has 0 heterocycles. The first-order valence-corrected chi connectivity index (χ1v) is 7.55. The summed E-state index contributed by atoms with van der Waals surface area (Å²) in [6.07, 6.45) is 1.82. The molecule has 0 fully saturated rings. The Hall–Kier alpha value is -2.01. The number of hydrogen-bond donors (Lipinski definition) is 2. The van der Waals surface area contributed by atoms with E-state index in [-0.39, 0.29) is 6.04 Å². The molecule has 1 unspecified atom stereocenters. The first-order valence-electron chi connectivity index (χ1n) is 7.55. The smallest absolute Gasteiger partial charge is 0.191 e. The zero-order valence-electron chi connectivity index (χ0n) is 14.1. The van der Waals surface area contributed by atoms with Crippen LogP contribution in [0.5, 0.6) is 5.75 Å². The van der Waals surface area contributed by atoms with Gasteiger partial charge in [0.1, 0.15) is 5.75 Å². The predicted octanol–water partition coefficient (Wildman–Crippen LogP) is 2.04. The van der Waals surface area contributed by atoms with Gasteiger partial charge in [0.05, 0.1) is 19.7 Å². The van der Waals surface area contributed by atoms with Crippen LogP contribution >= 0.6 is 0 Å². The van der Waals surface area contributed by atoms with Gasteiger partial charge in [-0.15, -0.1) is 6.58 Å². The summed E-state index contributed by atoms with van der Waals surface area (Å²) in [6.45, 7) is 7.97. The minimum atomic E-state index is 0.213. The van der Waals surface area contributed by atoms with Gasteiger partial charge >= 0.3 is 0 Å². The van der Waals surface area contributed by atoms with Crippen LogP contribution in [0.25, 0.3) is 0 Å². The zero-order chi connectivity index (χ0) is 16.4. The Morgan fingerprint density at radius 2 is 2.00 bits per heavy atom. The molecule has 0 radical (unpaired) electrons. The number of nitrogens with zero attached hydrogens (tertiary/aromatic N) is 2. The number of methoxy groups -OCH3 is 1. The standard InChI is InChI=1S/C17H28N4O/c1-6-12-19-17(18-7-2)20-13-16(21(3)4)14-8-10-15(22-5)11-9-14/h6,8-11,16H,1,7,12-13H2,2-5H3,(H2,18,19,20). The van der Waals surface area contributed by atoms with Gasteiger partial charge in [0.25, 0.3) is 0 Å². The second-order valence-electron chi connectivity index (χ2n) is 5.14. The van der Waals surface area contributed by atoms with E-state index in [4.69, 9.17) is 4.74 Å². The van der Waals surface area contributed by atoms with Crippen molar-refractivity contribution in [2.45, 2.75) is 13.0 Å². The Bertz CT molecular complexity index is 468. The summed E-state index contributed by atoms with van der Waals surface area (Å²) in [5, 5.41) is 6.45. The second-order valence-corrected chi connectivity index (χ2v) is 5.14. The Labute approximate surface area is 134 Å². The number of rotatable bonds is 8. The van der Waals surface area contributed by atoms with Crippen molar-refractivity contribution in [3.8, 4) is 5.75 Å². The van der Waals surface area contributed by atoms with E-state index in [1.807, 2.05) is 18.2 Å². The molecule has 0 aliphatic carbocycles. The first-order chi connectivity index (χ1) is 10.6. The lowest BCUT2D eigenvalue weighted by Crippen LogP contribution is -2.38. The van der Waals surface area contributed by atoms with Crippen molar-refractivity contribution in [2.24, 2.45) is 4.99 Å². The van der Waals surface area contributed by atoms with Crippen LogP contribution in [0.15, 0.2) is 41.9 Å². The predicted molar refractivity (Wildman–Crippen MR) is 93.6 cm³/mol. The minimum absolute atomic E-state index is 0.213. The molecule has 0 saturated heterocycles. The average molecular weight is 304 g/mol. The van der Waals surface area contributed by atoms with Gasteiger partial charge in [0.15, 0.2) is 5.96 Å². The fraction of sp³-hybridized carbons (Fsp3) is 0.471. The van der Waals surface area contributed by atoms with Gasteiger partial charge in [0.2, 0.25) is 0 Å². The summed E-state index contributed by atoms with van der Waals surface area (Å²) in [7, 11) is 5.81. The number of ether oxygens (including phenoxy) is 1. The fourth-order valence-corrected chi connectivity index (χ4v) is 2.08. The highest BCUT2D eigenvalue weighted by molar-refractivity contribution is 5.79. The van der Waals surface area contributed by atoms with Crippen LogP contribution in [0.4, 0.5) is 0 Å². The molecule has 0 amide bonds. The largest absolute Gasteiger partial charge is 0.497 e. The summed E-state index contributed by atoms with van der Waals surface area (Å²) < 4.78 is 5.21. The fourth-order valence-electron chi connectivity index (χ4n) is 2.08. The Kier molecular flexibility index (Phi) is 8.07. The van der Waals surface area contributed by atoms with E-state index in [9.17, 15) is 0 Å². The molecule has 122 valence electrons. The summed E-state index contributed by atoms with van der Waals surface area (Å²) in [4.78, 5) is 6.83. The molecule has 22 heavy (non-hydrogen) atoms. The maximum atomic E-state index is 5.21. The zero-order valence-corrected chi connectivity index (χ0v) is 14.1. The van der Waals surface area contributed by atoms with Gasteiger partial charge in [-0.1, -0.05) is 18.2 Å². The molecule has 0 aliphatic rings. The molecule has 5 heteroatoms. The average Bonchev–Trinajstić information content (AvgIpc) is 2.53. The Balaban J connectivity index is 2.82. The third-order valence-electron chi connectivity index (χ3n) is 3.30. The van der Waals surface area contributed by atoms with Crippen molar-refractivity contribution in [3.63, 3.8) is 0 Å². The molecular formula is C17H28N4O. The van der Waals surface area contributed by atoms with Crippen LogP contribution in [-0.4, -0.2) is 51.7 Å². The highest BCUT2D eigenvalue weighted by atomic mass is 16.5. The normalized spacial score (nSPS) is 12.9. The molecule has 0 aliphatic heterocycles. The Morgan fingerprint density at radius 3 is 2.50 bits per heavy atom. The van der Waals surface area contributed by atoms with Crippen LogP contribution in [0.3, 0.4) is 0 Å². The minimum Gasteiger partial charge on any atom is -0.497 e. The van der Waals surface area contributed by atoms with E-state index in [0.717, 1.165) is 18.3 Å². The van der Waals surface area contributed by atoms with Crippen molar-refractivity contribution in [2.75, 3.05) is 40.8 Å². The molecule has 0 aromatic heterocycles. The van der Waals surface area contributed by atoms with Crippen LogP contribution in [0.1, 0.15) is 18.5 Å². The summed E-state index contributed by atoms with van der Waals surface area (Å²) in [6, 6.07) is 8.35. The molecule has 5 nitrogen and oxygen atoms in total. The van der Waals surface area contributed by atoms with Gasteiger partial charge in [0, 0.05) is 13.1 Å². The van der Waals surface area contributed by atoms with Gasteiger partial charge in [-0.2, -0.15) is 0 Å². The lowest BCUT2D eigenvalue weighted by molar-refractivity contribution is 0.306. The van der Waals surface area contributed by atoms with Gasteiger partial charge in [-0.05, 0) is 38.7 Å². The third-order valence-corrected chi connectivity index (χ3v) is 3.30.